The van der Waals surface area contributed by atoms with E-state index in [4.69, 9.17) is 5.26 Å². The Morgan fingerprint density at radius 1 is 1.25 bits per heavy atom. The average molecular weight is 216 g/mol. The van der Waals surface area contributed by atoms with Crippen molar-refractivity contribution in [2.24, 2.45) is 0 Å². The Hall–Kier alpha value is -1.49. The van der Waals surface area contributed by atoms with Crippen molar-refractivity contribution in [3.05, 3.63) is 29.8 Å². The lowest BCUT2D eigenvalue weighted by Gasteiger charge is -2.11. The predicted octanol–water partition coefficient (Wildman–Crippen LogP) is 3.74. The summed E-state index contributed by atoms with van der Waals surface area (Å²) in [4.78, 5) is 0. The highest BCUT2D eigenvalue weighted by atomic mass is 14.9. The molecule has 2 heteroatoms. The average Bonchev–Trinajstić information content (AvgIpc) is 2.35. The van der Waals surface area contributed by atoms with E-state index in [2.05, 4.69) is 42.6 Å². The summed E-state index contributed by atoms with van der Waals surface area (Å²) in [7, 11) is 0. The third-order valence-corrected chi connectivity index (χ3v) is 2.68. The monoisotopic (exact) mass is 216 g/mol. The van der Waals surface area contributed by atoms with E-state index in [1.165, 1.54) is 18.4 Å². The largest absolute Gasteiger partial charge is 0.370 e. The van der Waals surface area contributed by atoms with Gasteiger partial charge < -0.3 is 5.32 Å². The maximum Gasteiger partial charge on any atom is 0.114 e. The molecule has 86 valence electrons. The second kappa shape index (κ2) is 6.90. The van der Waals surface area contributed by atoms with Crippen LogP contribution in [0.15, 0.2) is 24.3 Å². The van der Waals surface area contributed by atoms with Crippen LogP contribution in [0.5, 0.6) is 0 Å². The second-order valence-electron chi connectivity index (χ2n) is 4.03. The smallest absolute Gasteiger partial charge is 0.114 e. The molecule has 0 fully saturated rings. The molecule has 0 saturated carbocycles. The first-order valence-electron chi connectivity index (χ1n) is 6.05. The third-order valence-electron chi connectivity index (χ3n) is 2.68. The highest BCUT2D eigenvalue weighted by molar-refractivity contribution is 5.46. The fraction of sp³-hybridized carbons (Fsp3) is 0.500. The van der Waals surface area contributed by atoms with Gasteiger partial charge in [-0.15, -0.1) is 0 Å². The minimum atomic E-state index is -0.0820. The van der Waals surface area contributed by atoms with Crippen LogP contribution < -0.4 is 5.32 Å². The van der Waals surface area contributed by atoms with E-state index >= 15 is 0 Å². The van der Waals surface area contributed by atoms with Crippen molar-refractivity contribution in [3.63, 3.8) is 0 Å². The summed E-state index contributed by atoms with van der Waals surface area (Å²) in [5.74, 6) is 0. The Labute approximate surface area is 98.3 Å². The summed E-state index contributed by atoms with van der Waals surface area (Å²) in [5.41, 5.74) is 2.41. The van der Waals surface area contributed by atoms with E-state index in [1.54, 1.807) is 0 Å². The van der Waals surface area contributed by atoms with Crippen molar-refractivity contribution in [2.45, 2.75) is 45.6 Å². The fourth-order valence-electron chi connectivity index (χ4n) is 1.58. The van der Waals surface area contributed by atoms with Crippen LogP contribution in [0.25, 0.3) is 0 Å². The Kier molecular flexibility index (Phi) is 5.42. The van der Waals surface area contributed by atoms with Gasteiger partial charge in [0.15, 0.2) is 0 Å². The van der Waals surface area contributed by atoms with E-state index in [0.717, 1.165) is 18.5 Å². The second-order valence-corrected chi connectivity index (χ2v) is 4.03. The van der Waals surface area contributed by atoms with E-state index in [-0.39, 0.29) is 6.04 Å². The third kappa shape index (κ3) is 3.94. The molecule has 0 bridgehead atoms. The van der Waals surface area contributed by atoms with E-state index in [0.29, 0.717) is 0 Å². The Morgan fingerprint density at radius 3 is 2.44 bits per heavy atom. The Morgan fingerprint density at radius 2 is 1.94 bits per heavy atom. The molecule has 1 rings (SSSR count). The zero-order chi connectivity index (χ0) is 11.8. The fourth-order valence-corrected chi connectivity index (χ4v) is 1.58. The molecule has 0 aliphatic carbocycles. The van der Waals surface area contributed by atoms with Crippen LogP contribution >= 0.6 is 0 Å². The molecular formula is C14H20N2. The number of hydrogen-bond acceptors (Lipinski definition) is 2. The molecule has 16 heavy (non-hydrogen) atoms. The van der Waals surface area contributed by atoms with Gasteiger partial charge >= 0.3 is 0 Å². The quantitative estimate of drug-likeness (QED) is 0.786. The van der Waals surface area contributed by atoms with Crippen LogP contribution in [-0.4, -0.2) is 6.04 Å². The topological polar surface area (TPSA) is 35.8 Å². The molecule has 1 atom stereocenters. The minimum absolute atomic E-state index is 0.0820. The Bertz CT molecular complexity index is 335. The summed E-state index contributed by atoms with van der Waals surface area (Å²) in [6.45, 7) is 4.21. The van der Waals surface area contributed by atoms with Gasteiger partial charge in [0.05, 0.1) is 6.07 Å². The molecule has 0 aliphatic rings. The number of anilines is 1. The lowest BCUT2D eigenvalue weighted by molar-refractivity contribution is 0.795. The Balaban J connectivity index is 2.54. The van der Waals surface area contributed by atoms with Crippen molar-refractivity contribution in [1.82, 2.24) is 0 Å². The van der Waals surface area contributed by atoms with E-state index < -0.39 is 0 Å². The molecule has 1 aromatic carbocycles. The van der Waals surface area contributed by atoms with Crippen molar-refractivity contribution in [2.75, 3.05) is 5.32 Å². The lowest BCUT2D eigenvalue weighted by Crippen LogP contribution is -2.15. The summed E-state index contributed by atoms with van der Waals surface area (Å²) in [6, 6.07) is 10.6. The molecule has 0 heterocycles. The van der Waals surface area contributed by atoms with Crippen molar-refractivity contribution in [3.8, 4) is 6.07 Å². The van der Waals surface area contributed by atoms with Gasteiger partial charge in [0, 0.05) is 5.69 Å². The SMILES string of the molecule is CCCCc1ccc(NC(C#N)CC)cc1. The first-order chi connectivity index (χ1) is 7.80. The molecule has 0 radical (unpaired) electrons. The lowest BCUT2D eigenvalue weighted by atomic mass is 10.1. The first-order valence-corrected chi connectivity index (χ1v) is 6.05. The van der Waals surface area contributed by atoms with Crippen molar-refractivity contribution >= 4 is 5.69 Å². The normalized spacial score (nSPS) is 11.8. The van der Waals surface area contributed by atoms with E-state index in [9.17, 15) is 0 Å². The van der Waals surface area contributed by atoms with Gasteiger partial charge in [0.25, 0.3) is 0 Å². The molecule has 2 nitrogen and oxygen atoms in total. The zero-order valence-electron chi connectivity index (χ0n) is 10.2. The first kappa shape index (κ1) is 12.6. The zero-order valence-corrected chi connectivity index (χ0v) is 10.2. The van der Waals surface area contributed by atoms with Crippen molar-refractivity contribution < 1.29 is 0 Å². The van der Waals surface area contributed by atoms with Gasteiger partial charge in [0.1, 0.15) is 6.04 Å². The van der Waals surface area contributed by atoms with Gasteiger partial charge in [-0.05, 0) is 37.0 Å². The number of benzene rings is 1. The maximum atomic E-state index is 8.85. The number of aryl methyl sites for hydroxylation is 1. The number of hydrogen-bond donors (Lipinski definition) is 1. The summed E-state index contributed by atoms with van der Waals surface area (Å²) < 4.78 is 0. The molecule has 0 saturated heterocycles. The molecular weight excluding hydrogens is 196 g/mol. The predicted molar refractivity (Wildman–Crippen MR) is 68.4 cm³/mol. The van der Waals surface area contributed by atoms with Gasteiger partial charge in [0.2, 0.25) is 0 Å². The number of nitrogens with zero attached hydrogens (tertiary/aromatic N) is 1. The molecule has 0 amide bonds. The number of rotatable bonds is 6. The molecule has 1 unspecified atom stereocenters. The number of nitrogens with one attached hydrogen (secondary N) is 1. The van der Waals surface area contributed by atoms with Crippen LogP contribution in [0.4, 0.5) is 5.69 Å². The molecule has 0 aliphatic heterocycles. The highest BCUT2D eigenvalue weighted by Crippen LogP contribution is 2.13. The van der Waals surface area contributed by atoms with Gasteiger partial charge in [-0.25, -0.2) is 0 Å². The van der Waals surface area contributed by atoms with Crippen LogP contribution in [0, 0.1) is 11.3 Å². The van der Waals surface area contributed by atoms with E-state index in [1.807, 2.05) is 6.92 Å². The summed E-state index contributed by atoms with van der Waals surface area (Å²) >= 11 is 0. The van der Waals surface area contributed by atoms with Crippen LogP contribution in [0.3, 0.4) is 0 Å². The number of unbranched alkanes of at least 4 members (excludes halogenated alkanes) is 1. The van der Waals surface area contributed by atoms with Crippen LogP contribution in [0.2, 0.25) is 0 Å². The molecule has 1 N–H and O–H groups in total. The molecule has 0 spiro atoms. The summed E-state index contributed by atoms with van der Waals surface area (Å²) in [6.07, 6.45) is 4.44. The number of nitriles is 1. The maximum absolute atomic E-state index is 8.85. The van der Waals surface area contributed by atoms with Gasteiger partial charge in [-0.1, -0.05) is 32.4 Å². The van der Waals surface area contributed by atoms with Crippen LogP contribution in [0.1, 0.15) is 38.7 Å². The molecule has 0 aromatic heterocycles. The van der Waals surface area contributed by atoms with Gasteiger partial charge in [-0.2, -0.15) is 5.26 Å². The molecule has 1 aromatic rings. The summed E-state index contributed by atoms with van der Waals surface area (Å²) in [5, 5.41) is 12.0. The van der Waals surface area contributed by atoms with Gasteiger partial charge in [-0.3, -0.25) is 0 Å². The van der Waals surface area contributed by atoms with Crippen LogP contribution in [-0.2, 0) is 6.42 Å². The highest BCUT2D eigenvalue weighted by Gasteiger charge is 2.02. The van der Waals surface area contributed by atoms with Crippen molar-refractivity contribution in [1.29, 1.82) is 5.26 Å². The minimum Gasteiger partial charge on any atom is -0.370 e. The standard InChI is InChI=1S/C14H20N2/c1-3-5-6-12-7-9-14(10-8-12)16-13(4-2)11-15/h7-10,13,16H,3-6H2,1-2H3.